The van der Waals surface area contributed by atoms with E-state index in [1.165, 1.54) is 0 Å². The number of oxazole rings is 1. The predicted molar refractivity (Wildman–Crippen MR) is 86.7 cm³/mol. The van der Waals surface area contributed by atoms with E-state index in [4.69, 9.17) is 8.94 Å². The van der Waals surface area contributed by atoms with E-state index in [9.17, 15) is 9.59 Å². The van der Waals surface area contributed by atoms with Crippen LogP contribution in [0.4, 0.5) is 5.69 Å². The Kier molecular flexibility index (Phi) is 3.24. The Balaban J connectivity index is 1.57. The molecule has 0 saturated heterocycles. The molecule has 0 fully saturated rings. The van der Waals surface area contributed by atoms with Crippen LogP contribution in [0.15, 0.2) is 68.3 Å². The number of hydrogen-bond acceptors (Lipinski definition) is 5. The number of H-pyrrole nitrogens is 1. The Labute approximate surface area is 134 Å². The van der Waals surface area contributed by atoms with Crippen molar-refractivity contribution >= 4 is 22.7 Å². The third kappa shape index (κ3) is 2.58. The summed E-state index contributed by atoms with van der Waals surface area (Å²) >= 11 is 0. The van der Waals surface area contributed by atoms with Gasteiger partial charge in [-0.15, -0.1) is 0 Å². The van der Waals surface area contributed by atoms with Crippen LogP contribution in [0.2, 0.25) is 0 Å². The molecule has 0 aliphatic carbocycles. The summed E-state index contributed by atoms with van der Waals surface area (Å²) in [4.78, 5) is 25.9. The number of amides is 1. The number of nitrogens with zero attached hydrogens (tertiary/aromatic N) is 1. The second-order valence-corrected chi connectivity index (χ2v) is 5.12. The first-order chi connectivity index (χ1) is 11.7. The van der Waals surface area contributed by atoms with Gasteiger partial charge >= 0.3 is 5.76 Å². The van der Waals surface area contributed by atoms with Gasteiger partial charge in [0.25, 0.3) is 5.91 Å². The minimum atomic E-state index is -0.545. The van der Waals surface area contributed by atoms with Gasteiger partial charge in [-0.3, -0.25) is 9.78 Å². The monoisotopic (exact) mass is 321 g/mol. The molecule has 0 radical (unpaired) electrons. The van der Waals surface area contributed by atoms with Crippen LogP contribution < -0.4 is 11.1 Å². The molecule has 24 heavy (non-hydrogen) atoms. The zero-order valence-electron chi connectivity index (χ0n) is 12.3. The number of carbonyl (C=O) groups is 1. The van der Waals surface area contributed by atoms with Gasteiger partial charge in [0, 0.05) is 17.3 Å². The van der Waals surface area contributed by atoms with Gasteiger partial charge in [-0.1, -0.05) is 35.5 Å². The highest BCUT2D eigenvalue weighted by Crippen LogP contribution is 2.20. The second-order valence-electron chi connectivity index (χ2n) is 5.12. The maximum Gasteiger partial charge on any atom is 0.417 e. The number of anilines is 1. The quantitative estimate of drug-likeness (QED) is 0.604. The molecule has 7 nitrogen and oxygen atoms in total. The van der Waals surface area contributed by atoms with Gasteiger partial charge in [-0.05, 0) is 18.2 Å². The number of carbonyl (C=O) groups excluding carboxylic acids is 1. The number of benzene rings is 2. The summed E-state index contributed by atoms with van der Waals surface area (Å²) in [6, 6.07) is 15.8. The van der Waals surface area contributed by atoms with Crippen molar-refractivity contribution in [3.63, 3.8) is 0 Å². The van der Waals surface area contributed by atoms with Crippen molar-refractivity contribution in [2.24, 2.45) is 0 Å². The van der Waals surface area contributed by atoms with Crippen molar-refractivity contribution in [1.82, 2.24) is 10.1 Å². The van der Waals surface area contributed by atoms with Gasteiger partial charge in [-0.2, -0.15) is 0 Å². The molecule has 7 heteroatoms. The molecule has 4 rings (SSSR count). The highest BCUT2D eigenvalue weighted by atomic mass is 16.5. The number of aromatic amines is 1. The molecule has 0 atom stereocenters. The van der Waals surface area contributed by atoms with Gasteiger partial charge in [-0.25, -0.2) is 4.79 Å². The average molecular weight is 321 g/mol. The molecule has 2 N–H and O–H groups in total. The van der Waals surface area contributed by atoms with Gasteiger partial charge in [0.1, 0.15) is 5.69 Å². The summed E-state index contributed by atoms with van der Waals surface area (Å²) in [6.07, 6.45) is 0. The zero-order valence-corrected chi connectivity index (χ0v) is 12.3. The lowest BCUT2D eigenvalue weighted by Crippen LogP contribution is -2.10. The zero-order chi connectivity index (χ0) is 16.5. The number of aromatic nitrogens is 2. The maximum atomic E-state index is 12.3. The Morgan fingerprint density at radius 2 is 1.92 bits per heavy atom. The standard InChI is InChI=1S/C17H11N3O4/c21-16(15-9-12(20-24-15)10-4-2-1-3-5-10)18-11-6-7-14-13(8-11)19-17(22)23-14/h1-9H,(H,18,21)(H,19,22). The van der Waals surface area contributed by atoms with Crippen molar-refractivity contribution in [2.75, 3.05) is 5.32 Å². The fourth-order valence-corrected chi connectivity index (χ4v) is 2.35. The predicted octanol–water partition coefficient (Wildman–Crippen LogP) is 3.03. The van der Waals surface area contributed by atoms with Crippen LogP contribution >= 0.6 is 0 Å². The molecule has 2 aromatic heterocycles. The highest BCUT2D eigenvalue weighted by Gasteiger charge is 2.14. The maximum absolute atomic E-state index is 12.3. The first-order valence-corrected chi connectivity index (χ1v) is 7.15. The Morgan fingerprint density at radius 1 is 1.08 bits per heavy atom. The molecule has 0 bridgehead atoms. The molecule has 118 valence electrons. The molecule has 0 unspecified atom stereocenters. The Morgan fingerprint density at radius 3 is 2.75 bits per heavy atom. The van der Waals surface area contributed by atoms with E-state index in [1.807, 2.05) is 30.3 Å². The normalized spacial score (nSPS) is 10.8. The van der Waals surface area contributed by atoms with Crippen molar-refractivity contribution < 1.29 is 13.7 Å². The number of nitrogens with one attached hydrogen (secondary N) is 2. The molecule has 4 aromatic rings. The lowest BCUT2D eigenvalue weighted by Gasteiger charge is -2.01. The molecule has 0 aliphatic heterocycles. The molecule has 2 aromatic carbocycles. The largest absolute Gasteiger partial charge is 0.417 e. The topological polar surface area (TPSA) is 101 Å². The van der Waals surface area contributed by atoms with E-state index in [-0.39, 0.29) is 5.76 Å². The van der Waals surface area contributed by atoms with Gasteiger partial charge in [0.15, 0.2) is 5.58 Å². The second kappa shape index (κ2) is 5.54. The van der Waals surface area contributed by atoms with E-state index < -0.39 is 11.7 Å². The van der Waals surface area contributed by atoms with E-state index in [0.717, 1.165) is 5.56 Å². The first-order valence-electron chi connectivity index (χ1n) is 7.15. The van der Waals surface area contributed by atoms with Crippen LogP contribution in [-0.4, -0.2) is 16.0 Å². The summed E-state index contributed by atoms with van der Waals surface area (Å²) < 4.78 is 10.0. The molecule has 0 aliphatic rings. The number of fused-ring (bicyclic) bond motifs is 1. The molecular formula is C17H11N3O4. The fourth-order valence-electron chi connectivity index (χ4n) is 2.35. The van der Waals surface area contributed by atoms with E-state index in [1.54, 1.807) is 24.3 Å². The molecule has 1 amide bonds. The number of rotatable bonds is 3. The summed E-state index contributed by atoms with van der Waals surface area (Å²) in [5.74, 6) is -0.888. The van der Waals surface area contributed by atoms with E-state index in [0.29, 0.717) is 22.5 Å². The van der Waals surface area contributed by atoms with Gasteiger partial charge in [0.2, 0.25) is 5.76 Å². The van der Waals surface area contributed by atoms with Crippen molar-refractivity contribution in [1.29, 1.82) is 0 Å². The summed E-state index contributed by atoms with van der Waals surface area (Å²) in [7, 11) is 0. The minimum Gasteiger partial charge on any atom is -0.408 e. The molecular weight excluding hydrogens is 310 g/mol. The van der Waals surface area contributed by atoms with Crippen LogP contribution in [0, 0.1) is 0 Å². The lowest BCUT2D eigenvalue weighted by atomic mass is 10.1. The molecule has 2 heterocycles. The van der Waals surface area contributed by atoms with Crippen LogP contribution in [0.5, 0.6) is 0 Å². The van der Waals surface area contributed by atoms with Crippen LogP contribution in [0.25, 0.3) is 22.4 Å². The van der Waals surface area contributed by atoms with Crippen LogP contribution in [0.1, 0.15) is 10.6 Å². The SMILES string of the molecule is O=C(Nc1ccc2oc(=O)[nH]c2c1)c1cc(-c2ccccc2)no1. The highest BCUT2D eigenvalue weighted by molar-refractivity contribution is 6.03. The van der Waals surface area contributed by atoms with Crippen LogP contribution in [0.3, 0.4) is 0 Å². The third-order valence-corrected chi connectivity index (χ3v) is 3.48. The average Bonchev–Trinajstić information content (AvgIpc) is 3.21. The fraction of sp³-hybridized carbons (Fsp3) is 0. The van der Waals surface area contributed by atoms with Crippen molar-refractivity contribution in [2.45, 2.75) is 0 Å². The Bertz CT molecular complexity index is 1080. The molecule has 0 saturated carbocycles. The van der Waals surface area contributed by atoms with Gasteiger partial charge in [0.05, 0.1) is 5.52 Å². The van der Waals surface area contributed by atoms with E-state index >= 15 is 0 Å². The Hall–Kier alpha value is -3.61. The van der Waals surface area contributed by atoms with Crippen molar-refractivity contribution in [3.05, 3.63) is 70.9 Å². The minimum absolute atomic E-state index is 0.0923. The summed E-state index contributed by atoms with van der Waals surface area (Å²) in [5, 5.41) is 6.59. The summed E-state index contributed by atoms with van der Waals surface area (Å²) in [6.45, 7) is 0. The first kappa shape index (κ1) is 14.0. The van der Waals surface area contributed by atoms with E-state index in [2.05, 4.69) is 15.5 Å². The smallest absolute Gasteiger partial charge is 0.408 e. The van der Waals surface area contributed by atoms with Gasteiger partial charge < -0.3 is 14.3 Å². The third-order valence-electron chi connectivity index (χ3n) is 3.48. The van der Waals surface area contributed by atoms with Crippen molar-refractivity contribution in [3.8, 4) is 11.3 Å². The van der Waals surface area contributed by atoms with Crippen LogP contribution in [-0.2, 0) is 0 Å². The number of hydrogen-bond donors (Lipinski definition) is 2. The molecule has 0 spiro atoms. The summed E-state index contributed by atoms with van der Waals surface area (Å²) in [5.41, 5.74) is 2.86. The lowest BCUT2D eigenvalue weighted by molar-refractivity contribution is 0.0988.